The van der Waals surface area contributed by atoms with Crippen molar-refractivity contribution < 1.29 is 23.8 Å². The van der Waals surface area contributed by atoms with E-state index >= 15 is 0 Å². The summed E-state index contributed by atoms with van der Waals surface area (Å²) in [4.78, 5) is 14.9. The first-order valence-corrected chi connectivity index (χ1v) is 12.1. The fourth-order valence-electron chi connectivity index (χ4n) is 4.61. The van der Waals surface area contributed by atoms with E-state index in [-0.39, 0.29) is 17.8 Å². The Bertz CT molecular complexity index is 1130. The molecule has 7 nitrogen and oxygen atoms in total. The third kappa shape index (κ3) is 5.29. The molecule has 8 heteroatoms. The van der Waals surface area contributed by atoms with E-state index in [9.17, 15) is 9.90 Å². The first kappa shape index (κ1) is 23.3. The van der Waals surface area contributed by atoms with Gasteiger partial charge in [0.2, 0.25) is 0 Å². The summed E-state index contributed by atoms with van der Waals surface area (Å²) < 4.78 is 16.7. The van der Waals surface area contributed by atoms with Gasteiger partial charge in [-0.05, 0) is 54.3 Å². The average Bonchev–Trinajstić information content (AvgIpc) is 3.30. The molecule has 2 N–H and O–H groups in total. The molecule has 0 bridgehead atoms. The van der Waals surface area contributed by atoms with Gasteiger partial charge in [0.05, 0.1) is 31.5 Å². The van der Waals surface area contributed by atoms with Gasteiger partial charge in [0.15, 0.2) is 5.76 Å². The number of benzene rings is 2. The van der Waals surface area contributed by atoms with Gasteiger partial charge in [-0.3, -0.25) is 9.69 Å². The summed E-state index contributed by atoms with van der Waals surface area (Å²) in [6.07, 6.45) is 1.13. The van der Waals surface area contributed by atoms with Crippen molar-refractivity contribution in [3.63, 3.8) is 0 Å². The Hall–Kier alpha value is -2.42. The lowest BCUT2D eigenvalue weighted by Gasteiger charge is -2.38. The molecule has 5 rings (SSSR count). The predicted molar refractivity (Wildman–Crippen MR) is 129 cm³/mol. The molecule has 2 aliphatic heterocycles. The van der Waals surface area contributed by atoms with Gasteiger partial charge in [-0.25, -0.2) is 0 Å². The van der Waals surface area contributed by atoms with Gasteiger partial charge < -0.3 is 24.3 Å². The fourth-order valence-corrected chi connectivity index (χ4v) is 4.74. The van der Waals surface area contributed by atoms with Crippen molar-refractivity contribution in [2.45, 2.75) is 31.1 Å². The Labute approximate surface area is 203 Å². The van der Waals surface area contributed by atoms with Crippen LogP contribution in [0.5, 0.6) is 0 Å². The summed E-state index contributed by atoms with van der Waals surface area (Å²) in [5.41, 5.74) is 1.78. The largest absolute Gasteiger partial charge is 0.451 e. The zero-order valence-corrected chi connectivity index (χ0v) is 19.7. The third-order valence-electron chi connectivity index (χ3n) is 6.66. The SMILES string of the molecule is O=C(NC[C@H]1COCCO1)c1cc2cc(C3(O)CCN(Cc4ccc(Cl)cc4)CC3)ccc2o1. The van der Waals surface area contributed by atoms with Crippen LogP contribution in [-0.2, 0) is 21.6 Å². The van der Waals surface area contributed by atoms with Crippen molar-refractivity contribution in [3.05, 3.63) is 70.4 Å². The highest BCUT2D eigenvalue weighted by molar-refractivity contribution is 6.30. The van der Waals surface area contributed by atoms with Crippen molar-refractivity contribution in [1.29, 1.82) is 0 Å². The first-order chi connectivity index (χ1) is 16.5. The number of rotatable bonds is 6. The molecule has 2 fully saturated rings. The zero-order chi connectivity index (χ0) is 23.5. The van der Waals surface area contributed by atoms with Crippen molar-refractivity contribution in [3.8, 4) is 0 Å². The minimum Gasteiger partial charge on any atom is -0.451 e. The summed E-state index contributed by atoms with van der Waals surface area (Å²) in [5, 5.41) is 15.8. The van der Waals surface area contributed by atoms with Crippen molar-refractivity contribution in [1.82, 2.24) is 10.2 Å². The number of carbonyl (C=O) groups is 1. The molecule has 1 aromatic heterocycles. The van der Waals surface area contributed by atoms with Crippen LogP contribution in [0.25, 0.3) is 11.0 Å². The lowest BCUT2D eigenvalue weighted by Crippen LogP contribution is -2.42. The second-order valence-electron chi connectivity index (χ2n) is 9.08. The number of nitrogens with one attached hydrogen (secondary N) is 1. The molecule has 180 valence electrons. The van der Waals surface area contributed by atoms with E-state index in [4.69, 9.17) is 25.5 Å². The molecule has 0 unspecified atom stereocenters. The Balaban J connectivity index is 1.21. The molecule has 0 saturated carbocycles. The maximum atomic E-state index is 12.5. The lowest BCUT2D eigenvalue weighted by atomic mass is 9.84. The van der Waals surface area contributed by atoms with Crippen LogP contribution in [0.4, 0.5) is 0 Å². The van der Waals surface area contributed by atoms with Crippen LogP contribution in [0.3, 0.4) is 0 Å². The second kappa shape index (κ2) is 10.1. The van der Waals surface area contributed by atoms with Crippen LogP contribution >= 0.6 is 11.6 Å². The van der Waals surface area contributed by atoms with Crippen LogP contribution < -0.4 is 5.32 Å². The van der Waals surface area contributed by atoms with Crippen LogP contribution in [0.1, 0.15) is 34.5 Å². The average molecular weight is 485 g/mol. The highest BCUT2D eigenvalue weighted by Crippen LogP contribution is 2.35. The number of aliphatic hydroxyl groups is 1. The Kier molecular flexibility index (Phi) is 6.90. The standard InChI is InChI=1S/C26H29ClN2O5/c27-21-4-1-18(2-5-21)16-29-9-7-26(31,8-10-29)20-3-6-23-19(13-20)14-24(34-23)25(30)28-15-22-17-32-11-12-33-22/h1-6,13-14,22,31H,7-12,15-17H2,(H,28,30)/t22-/m0/s1. The van der Waals surface area contributed by atoms with Crippen LogP contribution in [0.15, 0.2) is 52.9 Å². The van der Waals surface area contributed by atoms with E-state index in [1.54, 1.807) is 6.07 Å². The molecule has 0 aliphatic carbocycles. The number of piperidine rings is 1. The van der Waals surface area contributed by atoms with Gasteiger partial charge in [0, 0.05) is 36.6 Å². The smallest absolute Gasteiger partial charge is 0.287 e. The predicted octanol–water partition coefficient (Wildman–Crippen LogP) is 3.72. The molecular formula is C26H29ClN2O5. The molecule has 2 aromatic carbocycles. The van der Waals surface area contributed by atoms with Crippen LogP contribution in [0, 0.1) is 0 Å². The highest BCUT2D eigenvalue weighted by Gasteiger charge is 2.34. The third-order valence-corrected chi connectivity index (χ3v) is 6.91. The van der Waals surface area contributed by atoms with E-state index in [0.29, 0.717) is 44.8 Å². The van der Waals surface area contributed by atoms with Gasteiger partial charge in [0.25, 0.3) is 5.91 Å². The van der Waals surface area contributed by atoms with E-state index in [2.05, 4.69) is 10.2 Å². The van der Waals surface area contributed by atoms with Crippen molar-refractivity contribution in [2.24, 2.45) is 0 Å². The van der Waals surface area contributed by atoms with Gasteiger partial charge in [-0.15, -0.1) is 0 Å². The Morgan fingerprint density at radius 3 is 2.65 bits per heavy atom. The highest BCUT2D eigenvalue weighted by atomic mass is 35.5. The maximum absolute atomic E-state index is 12.5. The van der Waals surface area contributed by atoms with Crippen LogP contribution in [0.2, 0.25) is 5.02 Å². The topological polar surface area (TPSA) is 84.2 Å². The van der Waals surface area contributed by atoms with Gasteiger partial charge in [-0.1, -0.05) is 29.8 Å². The van der Waals surface area contributed by atoms with Crippen molar-refractivity contribution in [2.75, 3.05) is 39.5 Å². The number of hydrogen-bond acceptors (Lipinski definition) is 6. The van der Waals surface area contributed by atoms with E-state index in [1.165, 1.54) is 5.56 Å². The quantitative estimate of drug-likeness (QED) is 0.555. The molecule has 2 aliphatic rings. The number of carbonyl (C=O) groups excluding carboxylic acids is 1. The monoisotopic (exact) mass is 484 g/mol. The molecule has 3 aromatic rings. The minimum atomic E-state index is -0.900. The van der Waals surface area contributed by atoms with Crippen molar-refractivity contribution >= 4 is 28.5 Å². The summed E-state index contributed by atoms with van der Waals surface area (Å²) in [5.74, 6) is -0.0465. The maximum Gasteiger partial charge on any atom is 0.287 e. The number of fused-ring (bicyclic) bond motifs is 1. The lowest BCUT2D eigenvalue weighted by molar-refractivity contribution is -0.0856. The molecule has 1 amide bonds. The van der Waals surface area contributed by atoms with E-state index in [0.717, 1.165) is 35.6 Å². The van der Waals surface area contributed by atoms with E-state index in [1.807, 2.05) is 42.5 Å². The number of nitrogens with zero attached hydrogens (tertiary/aromatic N) is 1. The minimum absolute atomic E-state index is 0.145. The molecule has 0 spiro atoms. The first-order valence-electron chi connectivity index (χ1n) is 11.7. The number of ether oxygens (including phenoxy) is 2. The summed E-state index contributed by atoms with van der Waals surface area (Å²) >= 11 is 5.98. The number of furan rings is 1. The zero-order valence-electron chi connectivity index (χ0n) is 19.0. The molecule has 2 saturated heterocycles. The van der Waals surface area contributed by atoms with Gasteiger partial charge >= 0.3 is 0 Å². The molecule has 1 atom stereocenters. The van der Waals surface area contributed by atoms with E-state index < -0.39 is 5.60 Å². The summed E-state index contributed by atoms with van der Waals surface area (Å²) in [7, 11) is 0. The number of hydrogen-bond donors (Lipinski definition) is 2. The molecule has 3 heterocycles. The second-order valence-corrected chi connectivity index (χ2v) is 9.51. The summed E-state index contributed by atoms with van der Waals surface area (Å²) in [6, 6.07) is 15.3. The summed E-state index contributed by atoms with van der Waals surface area (Å²) in [6.45, 7) is 4.39. The fraction of sp³-hybridized carbons (Fsp3) is 0.423. The number of amides is 1. The normalized spacial score (nSPS) is 20.9. The number of halogens is 1. The van der Waals surface area contributed by atoms with Crippen LogP contribution in [-0.4, -0.2) is 61.5 Å². The molecule has 34 heavy (non-hydrogen) atoms. The van der Waals surface area contributed by atoms with Gasteiger partial charge in [-0.2, -0.15) is 0 Å². The van der Waals surface area contributed by atoms with Gasteiger partial charge in [0.1, 0.15) is 5.58 Å². The Morgan fingerprint density at radius 2 is 1.91 bits per heavy atom. The Morgan fingerprint density at radius 1 is 1.12 bits per heavy atom. The molecule has 0 radical (unpaired) electrons. The number of likely N-dealkylation sites (tertiary alicyclic amines) is 1. The molecular weight excluding hydrogens is 456 g/mol.